The van der Waals surface area contributed by atoms with Crippen LogP contribution in [0.1, 0.15) is 19.4 Å². The molecule has 1 saturated heterocycles. The minimum absolute atomic E-state index is 0.235. The highest BCUT2D eigenvalue weighted by molar-refractivity contribution is 6.07. The van der Waals surface area contributed by atoms with Crippen LogP contribution in [-0.2, 0) is 15.1 Å². The van der Waals surface area contributed by atoms with Gasteiger partial charge in [0.15, 0.2) is 11.5 Å². The van der Waals surface area contributed by atoms with Crippen molar-refractivity contribution >= 4 is 11.9 Å². The molecule has 0 aromatic heterocycles. The topological polar surface area (TPSA) is 77.1 Å². The third kappa shape index (κ3) is 2.72. The van der Waals surface area contributed by atoms with E-state index >= 15 is 0 Å². The minimum atomic E-state index is -1.11. The summed E-state index contributed by atoms with van der Waals surface area (Å²) < 4.78 is 16.3. The van der Waals surface area contributed by atoms with Crippen molar-refractivity contribution in [2.75, 3.05) is 33.0 Å². The number of amides is 3. The van der Waals surface area contributed by atoms with Gasteiger partial charge in [0.05, 0.1) is 13.2 Å². The lowest BCUT2D eigenvalue weighted by Crippen LogP contribution is -2.41. The van der Waals surface area contributed by atoms with Gasteiger partial charge in [-0.25, -0.2) is 4.79 Å². The van der Waals surface area contributed by atoms with Crippen LogP contribution in [0.15, 0.2) is 18.2 Å². The summed E-state index contributed by atoms with van der Waals surface area (Å²) in [6.45, 7) is 5.64. The maximum atomic E-state index is 12.7. The maximum absolute atomic E-state index is 12.7. The van der Waals surface area contributed by atoms with E-state index in [1.807, 2.05) is 6.92 Å². The summed E-state index contributed by atoms with van der Waals surface area (Å²) in [6.07, 6.45) is 0. The third-order valence-corrected chi connectivity index (χ3v) is 4.06. The van der Waals surface area contributed by atoms with Gasteiger partial charge in [-0.05, 0) is 31.5 Å². The first-order valence-electron chi connectivity index (χ1n) is 7.68. The van der Waals surface area contributed by atoms with Gasteiger partial charge >= 0.3 is 6.03 Å². The Balaban J connectivity index is 1.84. The monoisotopic (exact) mass is 320 g/mol. The number of urea groups is 1. The molecule has 23 heavy (non-hydrogen) atoms. The molecule has 2 aliphatic heterocycles. The predicted octanol–water partition coefficient (Wildman–Crippen LogP) is 1.26. The quantitative estimate of drug-likeness (QED) is 0.653. The molecule has 124 valence electrons. The summed E-state index contributed by atoms with van der Waals surface area (Å²) in [5.74, 6) is 0.942. The molecular weight excluding hydrogens is 300 g/mol. The van der Waals surface area contributed by atoms with Crippen LogP contribution in [-0.4, -0.2) is 49.8 Å². The van der Waals surface area contributed by atoms with Crippen LogP contribution < -0.4 is 14.8 Å². The number of rotatable bonds is 5. The lowest BCUT2D eigenvalue weighted by atomic mass is 9.91. The standard InChI is InChI=1S/C16H20N2O5/c1-3-21-7-6-18-14(19)16(2,17-15(18)20)11-4-5-12-13(10-11)23-9-8-22-12/h4-5,10H,3,6-9H2,1-2H3,(H,17,20). The van der Waals surface area contributed by atoms with Gasteiger partial charge in [0, 0.05) is 6.61 Å². The Morgan fingerprint density at radius 1 is 1.26 bits per heavy atom. The number of benzene rings is 1. The Morgan fingerprint density at radius 2 is 2.00 bits per heavy atom. The van der Waals surface area contributed by atoms with Crippen molar-refractivity contribution in [3.63, 3.8) is 0 Å². The molecule has 1 aromatic carbocycles. The fourth-order valence-electron chi connectivity index (χ4n) is 2.75. The Kier molecular flexibility index (Phi) is 4.12. The number of carbonyl (C=O) groups excluding carboxylic acids is 2. The lowest BCUT2D eigenvalue weighted by molar-refractivity contribution is -0.131. The van der Waals surface area contributed by atoms with Crippen LogP contribution in [0.2, 0.25) is 0 Å². The van der Waals surface area contributed by atoms with Crippen LogP contribution in [0.5, 0.6) is 11.5 Å². The first kappa shape index (κ1) is 15.6. The predicted molar refractivity (Wildman–Crippen MR) is 81.5 cm³/mol. The summed E-state index contributed by atoms with van der Waals surface area (Å²) in [5.41, 5.74) is -0.446. The van der Waals surface area contributed by atoms with Gasteiger partial charge in [0.1, 0.15) is 18.8 Å². The van der Waals surface area contributed by atoms with Gasteiger partial charge in [0.25, 0.3) is 5.91 Å². The summed E-state index contributed by atoms with van der Waals surface area (Å²) in [5, 5.41) is 2.77. The van der Waals surface area contributed by atoms with E-state index in [0.29, 0.717) is 43.5 Å². The highest BCUT2D eigenvalue weighted by atomic mass is 16.6. The summed E-state index contributed by atoms with van der Waals surface area (Å²) >= 11 is 0. The molecule has 3 rings (SSSR count). The van der Waals surface area contributed by atoms with E-state index in [2.05, 4.69) is 5.32 Å². The number of imide groups is 1. The highest BCUT2D eigenvalue weighted by Crippen LogP contribution is 2.36. The zero-order valence-corrected chi connectivity index (χ0v) is 13.3. The molecule has 1 N–H and O–H groups in total. The van der Waals surface area contributed by atoms with Crippen molar-refractivity contribution in [3.8, 4) is 11.5 Å². The number of fused-ring (bicyclic) bond motifs is 1. The first-order valence-corrected chi connectivity index (χ1v) is 7.68. The van der Waals surface area contributed by atoms with E-state index in [-0.39, 0.29) is 12.5 Å². The number of ether oxygens (including phenoxy) is 3. The highest BCUT2D eigenvalue weighted by Gasteiger charge is 2.49. The molecule has 1 aromatic rings. The summed E-state index contributed by atoms with van der Waals surface area (Å²) in [6, 6.07) is 4.88. The number of hydrogen-bond acceptors (Lipinski definition) is 5. The molecule has 1 atom stereocenters. The largest absolute Gasteiger partial charge is 0.486 e. The maximum Gasteiger partial charge on any atom is 0.325 e. The summed E-state index contributed by atoms with van der Waals surface area (Å²) in [4.78, 5) is 26.0. The number of carbonyl (C=O) groups is 2. The second-order valence-corrected chi connectivity index (χ2v) is 5.57. The van der Waals surface area contributed by atoms with E-state index in [4.69, 9.17) is 14.2 Å². The second kappa shape index (κ2) is 6.08. The van der Waals surface area contributed by atoms with Crippen molar-refractivity contribution in [2.45, 2.75) is 19.4 Å². The molecule has 2 heterocycles. The van der Waals surface area contributed by atoms with Gasteiger partial charge in [-0.1, -0.05) is 6.07 Å². The molecule has 1 unspecified atom stereocenters. The van der Waals surface area contributed by atoms with Gasteiger partial charge in [-0.2, -0.15) is 0 Å². The van der Waals surface area contributed by atoms with Crippen LogP contribution >= 0.6 is 0 Å². The van der Waals surface area contributed by atoms with Gasteiger partial charge in [-0.15, -0.1) is 0 Å². The van der Waals surface area contributed by atoms with Gasteiger partial charge < -0.3 is 19.5 Å². The fraction of sp³-hybridized carbons (Fsp3) is 0.500. The number of nitrogens with one attached hydrogen (secondary N) is 1. The molecule has 2 aliphatic rings. The zero-order chi connectivity index (χ0) is 16.4. The lowest BCUT2D eigenvalue weighted by Gasteiger charge is -2.25. The number of nitrogens with zero attached hydrogens (tertiary/aromatic N) is 1. The molecule has 7 heteroatoms. The van der Waals surface area contributed by atoms with E-state index in [1.54, 1.807) is 25.1 Å². The Labute approximate surface area is 134 Å². The van der Waals surface area contributed by atoms with Crippen molar-refractivity contribution in [3.05, 3.63) is 23.8 Å². The van der Waals surface area contributed by atoms with Gasteiger partial charge in [-0.3, -0.25) is 9.69 Å². The smallest absolute Gasteiger partial charge is 0.325 e. The van der Waals surface area contributed by atoms with E-state index < -0.39 is 11.6 Å². The summed E-state index contributed by atoms with van der Waals surface area (Å²) in [7, 11) is 0. The molecule has 1 fully saturated rings. The SMILES string of the molecule is CCOCCN1C(=O)NC(C)(c2ccc3c(c2)OCCO3)C1=O. The third-order valence-electron chi connectivity index (χ3n) is 4.06. The molecule has 7 nitrogen and oxygen atoms in total. The average Bonchev–Trinajstić information content (AvgIpc) is 2.78. The van der Waals surface area contributed by atoms with Crippen molar-refractivity contribution in [2.24, 2.45) is 0 Å². The van der Waals surface area contributed by atoms with Crippen molar-refractivity contribution in [1.82, 2.24) is 10.2 Å². The molecule has 0 bridgehead atoms. The molecular formula is C16H20N2O5. The Morgan fingerprint density at radius 3 is 2.74 bits per heavy atom. The van der Waals surface area contributed by atoms with E-state index in [9.17, 15) is 9.59 Å². The Bertz CT molecular complexity index is 633. The van der Waals surface area contributed by atoms with Crippen molar-refractivity contribution < 1.29 is 23.8 Å². The number of hydrogen-bond donors (Lipinski definition) is 1. The minimum Gasteiger partial charge on any atom is -0.486 e. The molecule has 0 spiro atoms. The van der Waals surface area contributed by atoms with E-state index in [0.717, 1.165) is 0 Å². The molecule has 0 saturated carbocycles. The Hall–Kier alpha value is -2.28. The van der Waals surface area contributed by atoms with E-state index in [1.165, 1.54) is 4.90 Å². The molecule has 3 amide bonds. The molecule has 0 aliphatic carbocycles. The van der Waals surface area contributed by atoms with Crippen LogP contribution in [0.4, 0.5) is 4.79 Å². The van der Waals surface area contributed by atoms with Gasteiger partial charge in [0.2, 0.25) is 0 Å². The van der Waals surface area contributed by atoms with Crippen molar-refractivity contribution in [1.29, 1.82) is 0 Å². The second-order valence-electron chi connectivity index (χ2n) is 5.57. The van der Waals surface area contributed by atoms with Crippen LogP contribution in [0, 0.1) is 0 Å². The zero-order valence-electron chi connectivity index (χ0n) is 13.3. The average molecular weight is 320 g/mol. The molecule has 0 radical (unpaired) electrons. The van der Waals surface area contributed by atoms with Crippen LogP contribution in [0.25, 0.3) is 0 Å². The normalized spacial score (nSPS) is 23.1. The fourth-order valence-corrected chi connectivity index (χ4v) is 2.75. The first-order chi connectivity index (χ1) is 11.1. The van der Waals surface area contributed by atoms with Crippen LogP contribution in [0.3, 0.4) is 0 Å².